The standard InChI is InChI=1S/C22H20ClNO/c1-16-12-13-21(20(23)14-16)24-22(25)15-19(17-8-4-2-5-9-17)18-10-6-3-7-11-18/h2-14,19H,15H2,1H3,(H,24,25). The molecule has 0 saturated heterocycles. The molecule has 0 fully saturated rings. The molecule has 0 bridgehead atoms. The van der Waals surface area contributed by atoms with E-state index in [-0.39, 0.29) is 11.8 Å². The van der Waals surface area contributed by atoms with E-state index in [1.54, 1.807) is 0 Å². The van der Waals surface area contributed by atoms with Crippen LogP contribution < -0.4 is 5.32 Å². The van der Waals surface area contributed by atoms with Crippen molar-refractivity contribution in [3.05, 3.63) is 101 Å². The Kier molecular flexibility index (Phi) is 5.52. The lowest BCUT2D eigenvalue weighted by atomic mass is 9.88. The third-order valence-corrected chi connectivity index (χ3v) is 4.50. The Labute approximate surface area is 153 Å². The monoisotopic (exact) mass is 349 g/mol. The van der Waals surface area contributed by atoms with Crippen LogP contribution in [0, 0.1) is 6.92 Å². The van der Waals surface area contributed by atoms with Gasteiger partial charge < -0.3 is 5.32 Å². The molecule has 25 heavy (non-hydrogen) atoms. The van der Waals surface area contributed by atoms with Crippen LogP contribution in [0.15, 0.2) is 78.9 Å². The van der Waals surface area contributed by atoms with Crippen molar-refractivity contribution >= 4 is 23.2 Å². The number of carbonyl (C=O) groups is 1. The Morgan fingerprint density at radius 1 is 0.920 bits per heavy atom. The van der Waals surface area contributed by atoms with E-state index < -0.39 is 0 Å². The topological polar surface area (TPSA) is 29.1 Å². The molecule has 0 aliphatic rings. The first-order valence-electron chi connectivity index (χ1n) is 8.29. The van der Waals surface area contributed by atoms with Crippen LogP contribution in [0.3, 0.4) is 0 Å². The van der Waals surface area contributed by atoms with E-state index in [4.69, 9.17) is 11.6 Å². The van der Waals surface area contributed by atoms with Crippen molar-refractivity contribution in [2.24, 2.45) is 0 Å². The number of amides is 1. The molecular weight excluding hydrogens is 330 g/mol. The zero-order valence-electron chi connectivity index (χ0n) is 14.1. The van der Waals surface area contributed by atoms with Crippen LogP contribution in [-0.4, -0.2) is 5.91 Å². The molecule has 1 N–H and O–H groups in total. The fraction of sp³-hybridized carbons (Fsp3) is 0.136. The van der Waals surface area contributed by atoms with Gasteiger partial charge in [0.15, 0.2) is 0 Å². The van der Waals surface area contributed by atoms with Crippen molar-refractivity contribution in [2.75, 3.05) is 5.32 Å². The van der Waals surface area contributed by atoms with Crippen molar-refractivity contribution in [1.82, 2.24) is 0 Å². The smallest absolute Gasteiger partial charge is 0.225 e. The molecule has 0 radical (unpaired) electrons. The summed E-state index contributed by atoms with van der Waals surface area (Å²) in [7, 11) is 0. The summed E-state index contributed by atoms with van der Waals surface area (Å²) in [5.41, 5.74) is 3.96. The van der Waals surface area contributed by atoms with Gasteiger partial charge in [-0.25, -0.2) is 0 Å². The highest BCUT2D eigenvalue weighted by atomic mass is 35.5. The Morgan fingerprint density at radius 2 is 1.48 bits per heavy atom. The maximum absolute atomic E-state index is 12.6. The molecule has 3 rings (SSSR count). The molecule has 0 unspecified atom stereocenters. The second kappa shape index (κ2) is 8.00. The minimum absolute atomic E-state index is 0.00613. The zero-order chi connectivity index (χ0) is 17.6. The van der Waals surface area contributed by atoms with Crippen LogP contribution in [0.25, 0.3) is 0 Å². The molecule has 3 aromatic carbocycles. The van der Waals surface area contributed by atoms with Gasteiger partial charge in [-0.2, -0.15) is 0 Å². The van der Waals surface area contributed by atoms with Crippen molar-refractivity contribution in [3.63, 3.8) is 0 Å². The van der Waals surface area contributed by atoms with E-state index in [0.717, 1.165) is 16.7 Å². The van der Waals surface area contributed by atoms with Crippen molar-refractivity contribution in [1.29, 1.82) is 0 Å². The number of halogens is 1. The fourth-order valence-electron chi connectivity index (χ4n) is 2.91. The second-order valence-corrected chi connectivity index (χ2v) is 6.52. The summed E-state index contributed by atoms with van der Waals surface area (Å²) in [4.78, 5) is 12.6. The minimum Gasteiger partial charge on any atom is -0.325 e. The summed E-state index contributed by atoms with van der Waals surface area (Å²) < 4.78 is 0. The normalized spacial score (nSPS) is 10.7. The zero-order valence-corrected chi connectivity index (χ0v) is 14.8. The Morgan fingerprint density at radius 3 is 2.00 bits per heavy atom. The van der Waals surface area contributed by atoms with Gasteiger partial charge in [-0.15, -0.1) is 0 Å². The molecule has 0 atom stereocenters. The molecular formula is C22H20ClNO. The largest absolute Gasteiger partial charge is 0.325 e. The summed E-state index contributed by atoms with van der Waals surface area (Å²) in [5.74, 6) is -0.0462. The maximum atomic E-state index is 12.6. The predicted molar refractivity (Wildman–Crippen MR) is 104 cm³/mol. The van der Waals surface area contributed by atoms with E-state index in [1.807, 2.05) is 61.5 Å². The Bertz CT molecular complexity index is 807. The highest BCUT2D eigenvalue weighted by Crippen LogP contribution is 2.29. The first kappa shape index (κ1) is 17.2. The van der Waals surface area contributed by atoms with Crippen molar-refractivity contribution in [3.8, 4) is 0 Å². The fourth-order valence-corrected chi connectivity index (χ4v) is 3.19. The van der Waals surface area contributed by atoms with Crippen LogP contribution in [-0.2, 0) is 4.79 Å². The Hall–Kier alpha value is -2.58. The molecule has 1 amide bonds. The van der Waals surface area contributed by atoms with Gasteiger partial charge in [0.05, 0.1) is 10.7 Å². The van der Waals surface area contributed by atoms with Crippen molar-refractivity contribution in [2.45, 2.75) is 19.3 Å². The first-order chi connectivity index (χ1) is 12.1. The number of nitrogens with one attached hydrogen (secondary N) is 1. The van der Waals surface area contributed by atoms with Gasteiger partial charge >= 0.3 is 0 Å². The average molecular weight is 350 g/mol. The van der Waals surface area contributed by atoms with E-state index in [9.17, 15) is 4.79 Å². The van der Waals surface area contributed by atoms with Crippen molar-refractivity contribution < 1.29 is 4.79 Å². The lowest BCUT2D eigenvalue weighted by Gasteiger charge is -2.18. The molecule has 3 aromatic rings. The van der Waals surface area contributed by atoms with Gasteiger partial charge in [0.25, 0.3) is 0 Å². The number of hydrogen-bond acceptors (Lipinski definition) is 1. The van der Waals surface area contributed by atoms with Gasteiger partial charge in [-0.1, -0.05) is 78.3 Å². The second-order valence-electron chi connectivity index (χ2n) is 6.11. The van der Waals surface area contributed by atoms with Gasteiger partial charge in [0.1, 0.15) is 0 Å². The summed E-state index contributed by atoms with van der Waals surface area (Å²) in [6.45, 7) is 1.97. The van der Waals surface area contributed by atoms with Crippen LogP contribution >= 0.6 is 11.6 Å². The van der Waals surface area contributed by atoms with Gasteiger partial charge in [-0.05, 0) is 35.7 Å². The summed E-state index contributed by atoms with van der Waals surface area (Å²) >= 11 is 6.23. The molecule has 3 heteroatoms. The van der Waals surface area contributed by atoms with Gasteiger partial charge in [0.2, 0.25) is 5.91 Å². The highest BCUT2D eigenvalue weighted by molar-refractivity contribution is 6.33. The highest BCUT2D eigenvalue weighted by Gasteiger charge is 2.18. The first-order valence-corrected chi connectivity index (χ1v) is 8.67. The molecule has 0 spiro atoms. The molecule has 0 aromatic heterocycles. The quantitative estimate of drug-likeness (QED) is 0.618. The molecule has 2 nitrogen and oxygen atoms in total. The van der Waals surface area contributed by atoms with E-state index in [1.165, 1.54) is 0 Å². The third kappa shape index (κ3) is 4.49. The number of benzene rings is 3. The van der Waals surface area contributed by atoms with Crippen LogP contribution in [0.4, 0.5) is 5.69 Å². The number of rotatable bonds is 5. The van der Waals surface area contributed by atoms with Crippen LogP contribution in [0.1, 0.15) is 29.0 Å². The van der Waals surface area contributed by atoms with E-state index >= 15 is 0 Å². The number of hydrogen-bond donors (Lipinski definition) is 1. The lowest BCUT2D eigenvalue weighted by Crippen LogP contribution is -2.16. The average Bonchev–Trinajstić information content (AvgIpc) is 2.63. The van der Waals surface area contributed by atoms with Gasteiger partial charge in [-0.3, -0.25) is 4.79 Å². The molecule has 0 heterocycles. The molecule has 0 aliphatic carbocycles. The lowest BCUT2D eigenvalue weighted by molar-refractivity contribution is -0.116. The van der Waals surface area contributed by atoms with E-state index in [2.05, 4.69) is 29.6 Å². The molecule has 126 valence electrons. The number of aryl methyl sites for hydroxylation is 1. The summed E-state index contributed by atoms with van der Waals surface area (Å²) in [5, 5.41) is 3.50. The Balaban J connectivity index is 1.82. The maximum Gasteiger partial charge on any atom is 0.225 e. The summed E-state index contributed by atoms with van der Waals surface area (Å²) in [6.07, 6.45) is 0.359. The third-order valence-electron chi connectivity index (χ3n) is 4.19. The molecule has 0 saturated carbocycles. The predicted octanol–water partition coefficient (Wildman–Crippen LogP) is 5.81. The number of carbonyl (C=O) groups excluding carboxylic acids is 1. The van der Waals surface area contributed by atoms with Crippen LogP contribution in [0.5, 0.6) is 0 Å². The van der Waals surface area contributed by atoms with Crippen LogP contribution in [0.2, 0.25) is 5.02 Å². The SMILES string of the molecule is Cc1ccc(NC(=O)CC(c2ccccc2)c2ccccc2)c(Cl)c1. The molecule has 0 aliphatic heterocycles. The summed E-state index contributed by atoms with van der Waals surface area (Å²) in [6, 6.07) is 25.8. The minimum atomic E-state index is -0.0524. The number of anilines is 1. The van der Waals surface area contributed by atoms with E-state index in [0.29, 0.717) is 17.1 Å². The van der Waals surface area contributed by atoms with Gasteiger partial charge in [0, 0.05) is 12.3 Å².